The number of carbonyl (C=O) groups is 2. The van der Waals surface area contributed by atoms with Gasteiger partial charge in [-0.1, -0.05) is 0 Å². The van der Waals surface area contributed by atoms with Crippen LogP contribution in [0.15, 0.2) is 23.1 Å². The van der Waals surface area contributed by atoms with Gasteiger partial charge in [-0.3, -0.25) is 9.59 Å². The molecule has 1 aromatic carbocycles. The lowest BCUT2D eigenvalue weighted by Crippen LogP contribution is -2.34. The van der Waals surface area contributed by atoms with Gasteiger partial charge in [0.1, 0.15) is 23.0 Å². The maximum atomic E-state index is 13.9. The lowest BCUT2D eigenvalue weighted by molar-refractivity contribution is -0.106. The maximum absolute atomic E-state index is 13.9. The van der Waals surface area contributed by atoms with E-state index in [0.717, 1.165) is 20.4 Å². The van der Waals surface area contributed by atoms with E-state index in [9.17, 15) is 27.6 Å². The zero-order chi connectivity index (χ0) is 24.3. The van der Waals surface area contributed by atoms with Crippen molar-refractivity contribution in [3.05, 3.63) is 62.8 Å². The molecular formula is C21H21F3N2O7. The topological polar surface area (TPSA) is 105 Å². The third kappa shape index (κ3) is 4.71. The van der Waals surface area contributed by atoms with Crippen LogP contribution in [0.4, 0.5) is 13.2 Å². The average Bonchev–Trinajstić information content (AvgIpc) is 3.26. The highest BCUT2D eigenvalue weighted by Gasteiger charge is 2.35. The molecule has 0 aliphatic carbocycles. The number of amides is 1. The largest absolute Gasteiger partial charge is 0.491 e. The number of benzene rings is 1. The minimum absolute atomic E-state index is 0.255. The van der Waals surface area contributed by atoms with Crippen LogP contribution in [0.25, 0.3) is 0 Å². The lowest BCUT2D eigenvalue weighted by Gasteiger charge is -2.24. The number of nitrogens with one attached hydrogen (secondary N) is 1. The molecule has 33 heavy (non-hydrogen) atoms. The van der Waals surface area contributed by atoms with Crippen molar-refractivity contribution in [3.8, 4) is 5.75 Å². The minimum atomic E-state index is -1.20. The Morgan fingerprint density at radius 1 is 1.18 bits per heavy atom. The van der Waals surface area contributed by atoms with Crippen molar-refractivity contribution in [2.24, 2.45) is 0 Å². The molecule has 178 valence electrons. The first-order chi connectivity index (χ1) is 15.7. The molecule has 2 unspecified atom stereocenters. The van der Waals surface area contributed by atoms with Crippen LogP contribution in [0.1, 0.15) is 38.9 Å². The molecule has 0 saturated carbocycles. The first-order valence-electron chi connectivity index (χ1n) is 9.70. The standard InChI is InChI=1S/C21H21F3N2O7/c1-30-18-16(20(29)31-2)26(15-4-5-33-21(15)32-3)9-12(17(18)27)19(28)25-8-11-13(23)6-10(22)7-14(11)24/h6-7,9,15,21H,4-5,8H2,1-3H3,(H,25,28). The van der Waals surface area contributed by atoms with Gasteiger partial charge in [0.15, 0.2) is 17.7 Å². The summed E-state index contributed by atoms with van der Waals surface area (Å²) in [6.07, 6.45) is 0.690. The van der Waals surface area contributed by atoms with Gasteiger partial charge in [0.25, 0.3) is 5.91 Å². The van der Waals surface area contributed by atoms with E-state index in [-0.39, 0.29) is 12.3 Å². The molecule has 0 spiro atoms. The summed E-state index contributed by atoms with van der Waals surface area (Å²) >= 11 is 0. The Labute approximate surface area is 186 Å². The molecule has 1 amide bonds. The van der Waals surface area contributed by atoms with Crippen LogP contribution in [0.2, 0.25) is 0 Å². The molecule has 1 saturated heterocycles. The van der Waals surface area contributed by atoms with E-state index in [1.807, 2.05) is 0 Å². The predicted octanol–water partition coefficient (Wildman–Crippen LogP) is 1.92. The van der Waals surface area contributed by atoms with Crippen LogP contribution in [0.5, 0.6) is 5.75 Å². The van der Waals surface area contributed by atoms with Gasteiger partial charge in [0, 0.05) is 37.5 Å². The van der Waals surface area contributed by atoms with Gasteiger partial charge < -0.3 is 28.8 Å². The van der Waals surface area contributed by atoms with E-state index < -0.39 is 70.5 Å². The number of aromatic nitrogens is 1. The smallest absolute Gasteiger partial charge is 0.358 e. The second kappa shape index (κ2) is 10.0. The van der Waals surface area contributed by atoms with Crippen molar-refractivity contribution < 1.29 is 41.7 Å². The van der Waals surface area contributed by atoms with Gasteiger partial charge in [0.05, 0.1) is 26.9 Å². The zero-order valence-corrected chi connectivity index (χ0v) is 17.9. The molecule has 1 aliphatic heterocycles. The molecule has 9 nitrogen and oxygen atoms in total. The zero-order valence-electron chi connectivity index (χ0n) is 17.9. The quantitative estimate of drug-likeness (QED) is 0.617. The van der Waals surface area contributed by atoms with Crippen molar-refractivity contribution in [3.63, 3.8) is 0 Å². The fourth-order valence-electron chi connectivity index (χ4n) is 3.57. The average molecular weight is 470 g/mol. The molecule has 1 fully saturated rings. The van der Waals surface area contributed by atoms with Gasteiger partial charge in [0.2, 0.25) is 5.43 Å². The number of carbonyl (C=O) groups excluding carboxylic acids is 2. The second-order valence-corrected chi connectivity index (χ2v) is 7.01. The first kappa shape index (κ1) is 24.3. The van der Waals surface area contributed by atoms with Crippen LogP contribution in [-0.4, -0.2) is 50.7 Å². The summed E-state index contributed by atoms with van der Waals surface area (Å²) < 4.78 is 62.8. The van der Waals surface area contributed by atoms with Gasteiger partial charge in [-0.15, -0.1) is 0 Å². The molecule has 12 heteroatoms. The van der Waals surface area contributed by atoms with E-state index in [4.69, 9.17) is 18.9 Å². The summed E-state index contributed by atoms with van der Waals surface area (Å²) in [5.74, 6) is -5.87. The molecule has 2 heterocycles. The van der Waals surface area contributed by atoms with Gasteiger partial charge in [-0.2, -0.15) is 0 Å². The SMILES string of the molecule is COC(=O)c1c(OC)c(=O)c(C(=O)NCc2c(F)cc(F)cc2F)cn1C1CCOC1OC. The summed E-state index contributed by atoms with van der Waals surface area (Å²) in [6, 6.07) is 0.324. The highest BCUT2D eigenvalue weighted by Crippen LogP contribution is 2.30. The molecule has 0 radical (unpaired) electrons. The molecule has 2 atom stereocenters. The summed E-state index contributed by atoms with van der Waals surface area (Å²) in [6.45, 7) is -0.382. The number of rotatable bonds is 7. The Morgan fingerprint density at radius 2 is 1.85 bits per heavy atom. The number of halogens is 3. The van der Waals surface area contributed by atoms with E-state index in [2.05, 4.69) is 5.32 Å². The van der Waals surface area contributed by atoms with Crippen molar-refractivity contribution in [1.29, 1.82) is 0 Å². The number of pyridine rings is 1. The summed E-state index contributed by atoms with van der Waals surface area (Å²) in [5.41, 5.74) is -2.26. The predicted molar refractivity (Wildman–Crippen MR) is 106 cm³/mol. The summed E-state index contributed by atoms with van der Waals surface area (Å²) in [7, 11) is 3.64. The third-order valence-corrected chi connectivity index (χ3v) is 5.15. The van der Waals surface area contributed by atoms with E-state index in [0.29, 0.717) is 18.6 Å². The van der Waals surface area contributed by atoms with E-state index in [1.54, 1.807) is 0 Å². The Bertz CT molecular complexity index is 1110. The molecule has 1 aliphatic rings. The first-order valence-corrected chi connectivity index (χ1v) is 9.70. The van der Waals surface area contributed by atoms with Crippen molar-refractivity contribution in [2.45, 2.75) is 25.3 Å². The number of nitrogens with zero attached hydrogens (tertiary/aromatic N) is 1. The fourth-order valence-corrected chi connectivity index (χ4v) is 3.57. The van der Waals surface area contributed by atoms with Crippen LogP contribution in [-0.2, 0) is 20.8 Å². The van der Waals surface area contributed by atoms with E-state index >= 15 is 0 Å². The van der Waals surface area contributed by atoms with E-state index in [1.165, 1.54) is 11.7 Å². The molecule has 1 aromatic heterocycles. The second-order valence-electron chi connectivity index (χ2n) is 7.01. The van der Waals surface area contributed by atoms with Crippen LogP contribution >= 0.6 is 0 Å². The number of esters is 1. The number of methoxy groups -OCH3 is 3. The van der Waals surface area contributed by atoms with Crippen molar-refractivity contribution in [1.82, 2.24) is 9.88 Å². The van der Waals surface area contributed by atoms with Crippen LogP contribution < -0.4 is 15.5 Å². The minimum Gasteiger partial charge on any atom is -0.491 e. The fraction of sp³-hybridized carbons (Fsp3) is 0.381. The van der Waals surface area contributed by atoms with Gasteiger partial charge in [-0.25, -0.2) is 18.0 Å². The van der Waals surface area contributed by atoms with Gasteiger partial charge in [-0.05, 0) is 6.42 Å². The van der Waals surface area contributed by atoms with Crippen LogP contribution in [0, 0.1) is 17.5 Å². The molecule has 0 bridgehead atoms. The highest BCUT2D eigenvalue weighted by molar-refractivity contribution is 5.96. The maximum Gasteiger partial charge on any atom is 0.358 e. The van der Waals surface area contributed by atoms with Gasteiger partial charge >= 0.3 is 5.97 Å². The Balaban J connectivity index is 2.05. The molecular weight excluding hydrogens is 449 g/mol. The lowest BCUT2D eigenvalue weighted by atomic mass is 10.1. The Hall–Kier alpha value is -3.38. The molecule has 1 N–H and O–H groups in total. The monoisotopic (exact) mass is 470 g/mol. The Kier molecular flexibility index (Phi) is 7.39. The highest BCUT2D eigenvalue weighted by atomic mass is 19.1. The third-order valence-electron chi connectivity index (χ3n) is 5.15. The van der Waals surface area contributed by atoms with Crippen LogP contribution in [0.3, 0.4) is 0 Å². The summed E-state index contributed by atoms with van der Waals surface area (Å²) in [5, 5.41) is 2.23. The number of hydrogen-bond acceptors (Lipinski definition) is 7. The molecule has 2 aromatic rings. The normalized spacial score (nSPS) is 17.6. The summed E-state index contributed by atoms with van der Waals surface area (Å²) in [4.78, 5) is 38.2. The van der Waals surface area contributed by atoms with Crippen molar-refractivity contribution >= 4 is 11.9 Å². The number of ether oxygens (including phenoxy) is 4. The Morgan fingerprint density at radius 3 is 2.42 bits per heavy atom. The van der Waals surface area contributed by atoms with Crippen molar-refractivity contribution in [2.75, 3.05) is 27.9 Å². The molecule has 3 rings (SSSR count). The number of hydrogen-bond donors (Lipinski definition) is 1.